The molecular formula is C32H36F3N5. The van der Waals surface area contributed by atoms with E-state index in [1.807, 2.05) is 24.3 Å². The van der Waals surface area contributed by atoms with Crippen LogP contribution in [0.3, 0.4) is 0 Å². The molecule has 1 atom stereocenters. The van der Waals surface area contributed by atoms with Gasteiger partial charge in [0.25, 0.3) is 0 Å². The van der Waals surface area contributed by atoms with Crippen molar-refractivity contribution in [1.29, 1.82) is 0 Å². The number of alkyl halides is 3. The zero-order valence-electron chi connectivity index (χ0n) is 22.9. The number of likely N-dealkylation sites (tertiary alicyclic amines) is 1. The Bertz CT molecular complexity index is 1440. The summed E-state index contributed by atoms with van der Waals surface area (Å²) in [4.78, 5) is 15.2. The van der Waals surface area contributed by atoms with Crippen LogP contribution in [0.1, 0.15) is 24.0 Å². The predicted molar refractivity (Wildman–Crippen MR) is 154 cm³/mol. The quantitative estimate of drug-likeness (QED) is 0.304. The Balaban J connectivity index is 1.07. The number of benzene rings is 3. The maximum atomic E-state index is 13.1. The monoisotopic (exact) mass is 547 g/mol. The van der Waals surface area contributed by atoms with E-state index in [2.05, 4.69) is 56.0 Å². The normalized spacial score (nSPS) is 19.9. The maximum Gasteiger partial charge on any atom is 0.416 e. The standard InChI is InChI=1S/C32H36F3N5/c1-38-13-3-5-24(20-38)22-40-16-14-39(15-17-40)21-23-4-2-6-27(18-23)25-7-9-26(10-8-25)31-36-29-12-11-28(32(33,34)35)19-30(29)37-31/h2,4,6-12,18-19,24H,3,5,13-17,20-22H2,1H3,(H,36,37). The van der Waals surface area contributed by atoms with Crippen molar-refractivity contribution in [2.24, 2.45) is 5.92 Å². The first-order valence-electron chi connectivity index (χ1n) is 14.2. The van der Waals surface area contributed by atoms with Gasteiger partial charge < -0.3 is 14.8 Å². The Labute approximate surface area is 233 Å². The zero-order chi connectivity index (χ0) is 27.7. The minimum absolute atomic E-state index is 0.379. The molecule has 2 fully saturated rings. The topological polar surface area (TPSA) is 38.4 Å². The van der Waals surface area contributed by atoms with Crippen molar-refractivity contribution in [3.8, 4) is 22.5 Å². The van der Waals surface area contributed by atoms with Crippen molar-refractivity contribution >= 4 is 11.0 Å². The van der Waals surface area contributed by atoms with Crippen LogP contribution in [-0.2, 0) is 12.7 Å². The van der Waals surface area contributed by atoms with Crippen LogP contribution in [0.2, 0.25) is 0 Å². The summed E-state index contributed by atoms with van der Waals surface area (Å²) in [6.45, 7) is 9.13. The van der Waals surface area contributed by atoms with Gasteiger partial charge in [-0.2, -0.15) is 13.2 Å². The fourth-order valence-corrected chi connectivity index (χ4v) is 6.17. The Morgan fingerprint density at radius 3 is 2.35 bits per heavy atom. The van der Waals surface area contributed by atoms with E-state index in [1.54, 1.807) is 0 Å². The number of hydrogen-bond donors (Lipinski definition) is 1. The molecule has 1 unspecified atom stereocenters. The molecule has 5 nitrogen and oxygen atoms in total. The number of piperidine rings is 1. The van der Waals surface area contributed by atoms with Gasteiger partial charge in [-0.05, 0) is 73.3 Å². The fraction of sp³-hybridized carbons (Fsp3) is 0.406. The number of rotatable bonds is 6. The molecule has 40 heavy (non-hydrogen) atoms. The molecule has 0 amide bonds. The second-order valence-electron chi connectivity index (χ2n) is 11.4. The van der Waals surface area contributed by atoms with Gasteiger partial charge in [0.05, 0.1) is 16.6 Å². The van der Waals surface area contributed by atoms with Crippen LogP contribution < -0.4 is 0 Å². The van der Waals surface area contributed by atoms with E-state index in [0.717, 1.165) is 67.5 Å². The van der Waals surface area contributed by atoms with E-state index in [0.29, 0.717) is 16.9 Å². The molecule has 1 aromatic heterocycles. The number of aromatic amines is 1. The highest BCUT2D eigenvalue weighted by Gasteiger charge is 2.30. The van der Waals surface area contributed by atoms with E-state index in [4.69, 9.17) is 0 Å². The van der Waals surface area contributed by atoms with Gasteiger partial charge in [-0.15, -0.1) is 0 Å². The summed E-state index contributed by atoms with van der Waals surface area (Å²) in [7, 11) is 2.24. The molecule has 2 saturated heterocycles. The van der Waals surface area contributed by atoms with Crippen LogP contribution in [0.4, 0.5) is 13.2 Å². The van der Waals surface area contributed by atoms with Crippen molar-refractivity contribution in [2.75, 3.05) is 52.9 Å². The lowest BCUT2D eigenvalue weighted by Gasteiger charge is -2.38. The molecule has 0 radical (unpaired) electrons. The number of halogens is 3. The predicted octanol–water partition coefficient (Wildman–Crippen LogP) is 6.38. The molecule has 2 aliphatic rings. The van der Waals surface area contributed by atoms with Gasteiger partial charge in [-0.3, -0.25) is 4.90 Å². The summed E-state index contributed by atoms with van der Waals surface area (Å²) in [5, 5.41) is 0. The summed E-state index contributed by atoms with van der Waals surface area (Å²) in [6, 6.07) is 20.3. The van der Waals surface area contributed by atoms with Gasteiger partial charge in [-0.25, -0.2) is 4.98 Å². The highest BCUT2D eigenvalue weighted by atomic mass is 19.4. The first kappa shape index (κ1) is 27.0. The summed E-state index contributed by atoms with van der Waals surface area (Å²) < 4.78 is 39.2. The van der Waals surface area contributed by atoms with Gasteiger partial charge in [0, 0.05) is 51.4 Å². The van der Waals surface area contributed by atoms with Gasteiger partial charge in [0.15, 0.2) is 0 Å². The Hall–Kier alpha value is -3.20. The average Bonchev–Trinajstić information content (AvgIpc) is 3.38. The lowest BCUT2D eigenvalue weighted by Crippen LogP contribution is -2.48. The van der Waals surface area contributed by atoms with E-state index in [1.165, 1.54) is 44.1 Å². The van der Waals surface area contributed by atoms with Gasteiger partial charge >= 0.3 is 6.18 Å². The molecule has 2 aliphatic heterocycles. The molecule has 4 aromatic rings. The van der Waals surface area contributed by atoms with Crippen molar-refractivity contribution in [3.05, 3.63) is 77.9 Å². The molecule has 1 N–H and O–H groups in total. The SMILES string of the molecule is CN1CCCC(CN2CCN(Cc3cccc(-c4ccc(-c5nc6ccc(C(F)(F)F)cc6[nH]5)cc4)c3)CC2)C1. The van der Waals surface area contributed by atoms with Gasteiger partial charge in [0.1, 0.15) is 5.82 Å². The van der Waals surface area contributed by atoms with Crippen molar-refractivity contribution < 1.29 is 13.2 Å². The number of imidazole rings is 1. The van der Waals surface area contributed by atoms with E-state index < -0.39 is 11.7 Å². The molecule has 0 saturated carbocycles. The molecular weight excluding hydrogens is 511 g/mol. The van der Waals surface area contributed by atoms with Gasteiger partial charge in [0.2, 0.25) is 0 Å². The van der Waals surface area contributed by atoms with Gasteiger partial charge in [-0.1, -0.05) is 42.5 Å². The second-order valence-corrected chi connectivity index (χ2v) is 11.4. The molecule has 0 spiro atoms. The van der Waals surface area contributed by atoms with Crippen LogP contribution in [0.25, 0.3) is 33.5 Å². The maximum absolute atomic E-state index is 13.1. The molecule has 0 bridgehead atoms. The summed E-state index contributed by atoms with van der Waals surface area (Å²) in [6.07, 6.45) is -1.69. The third-order valence-corrected chi connectivity index (χ3v) is 8.34. The van der Waals surface area contributed by atoms with Crippen LogP contribution in [0.15, 0.2) is 66.7 Å². The molecule has 8 heteroatoms. The summed E-state index contributed by atoms with van der Waals surface area (Å²) in [5.41, 5.74) is 4.61. The Kier molecular flexibility index (Phi) is 7.66. The highest BCUT2D eigenvalue weighted by molar-refractivity contribution is 5.80. The van der Waals surface area contributed by atoms with Crippen molar-refractivity contribution in [3.63, 3.8) is 0 Å². The Morgan fingerprint density at radius 2 is 1.60 bits per heavy atom. The number of hydrogen-bond acceptors (Lipinski definition) is 4. The summed E-state index contributed by atoms with van der Waals surface area (Å²) >= 11 is 0. The van der Waals surface area contributed by atoms with Crippen molar-refractivity contribution in [2.45, 2.75) is 25.6 Å². The first-order chi connectivity index (χ1) is 19.3. The number of nitrogens with one attached hydrogen (secondary N) is 1. The van der Waals surface area contributed by atoms with Crippen LogP contribution in [-0.4, -0.2) is 77.5 Å². The van der Waals surface area contributed by atoms with E-state index in [-0.39, 0.29) is 0 Å². The minimum atomic E-state index is -4.38. The smallest absolute Gasteiger partial charge is 0.338 e. The second kappa shape index (κ2) is 11.4. The van der Waals surface area contributed by atoms with E-state index >= 15 is 0 Å². The summed E-state index contributed by atoms with van der Waals surface area (Å²) in [5.74, 6) is 1.37. The number of aromatic nitrogens is 2. The van der Waals surface area contributed by atoms with Crippen LogP contribution >= 0.6 is 0 Å². The van der Waals surface area contributed by atoms with Crippen LogP contribution in [0.5, 0.6) is 0 Å². The molecule has 210 valence electrons. The van der Waals surface area contributed by atoms with Crippen LogP contribution in [0, 0.1) is 5.92 Å². The fourth-order valence-electron chi connectivity index (χ4n) is 6.17. The third-order valence-electron chi connectivity index (χ3n) is 8.34. The number of H-pyrrole nitrogens is 1. The minimum Gasteiger partial charge on any atom is -0.338 e. The molecule has 6 rings (SSSR count). The number of piperazine rings is 1. The average molecular weight is 548 g/mol. The largest absolute Gasteiger partial charge is 0.416 e. The Morgan fingerprint density at radius 1 is 0.850 bits per heavy atom. The van der Waals surface area contributed by atoms with Crippen molar-refractivity contribution in [1.82, 2.24) is 24.7 Å². The molecule has 3 heterocycles. The molecule has 3 aromatic carbocycles. The number of nitrogens with zero attached hydrogens (tertiary/aromatic N) is 4. The van der Waals surface area contributed by atoms with E-state index in [9.17, 15) is 13.2 Å². The molecule has 0 aliphatic carbocycles. The third kappa shape index (κ3) is 6.24. The zero-order valence-corrected chi connectivity index (χ0v) is 22.9. The lowest BCUT2D eigenvalue weighted by atomic mass is 9.97. The number of fused-ring (bicyclic) bond motifs is 1. The lowest BCUT2D eigenvalue weighted by molar-refractivity contribution is -0.137. The first-order valence-corrected chi connectivity index (χ1v) is 14.2. The highest BCUT2D eigenvalue weighted by Crippen LogP contribution is 2.32.